The van der Waals surface area contributed by atoms with Gasteiger partial charge in [-0.25, -0.2) is 9.78 Å². The van der Waals surface area contributed by atoms with Crippen LogP contribution < -0.4 is 5.32 Å². The Balaban J connectivity index is 2.31. The number of carboxylic acid groups (broad SMARTS) is 1. The van der Waals surface area contributed by atoms with E-state index in [1.54, 1.807) is 0 Å². The Morgan fingerprint density at radius 2 is 1.81 bits per heavy atom. The predicted molar refractivity (Wildman–Crippen MR) is 80.6 cm³/mol. The zero-order chi connectivity index (χ0) is 15.6. The van der Waals surface area contributed by atoms with Crippen LogP contribution in [0.2, 0.25) is 15.2 Å². The normalized spacial score (nSPS) is 10.2. The van der Waals surface area contributed by atoms with E-state index in [1.807, 2.05) is 0 Å². The van der Waals surface area contributed by atoms with E-state index in [1.165, 1.54) is 30.3 Å². The molecule has 2 aromatic rings. The lowest BCUT2D eigenvalue weighted by Gasteiger charge is -2.08. The average Bonchev–Trinajstić information content (AvgIpc) is 2.40. The van der Waals surface area contributed by atoms with Gasteiger partial charge in [0.1, 0.15) is 10.8 Å². The van der Waals surface area contributed by atoms with Gasteiger partial charge in [-0.1, -0.05) is 34.8 Å². The van der Waals surface area contributed by atoms with Crippen LogP contribution in [0.1, 0.15) is 20.8 Å². The first kappa shape index (κ1) is 15.6. The smallest absolute Gasteiger partial charge is 0.335 e. The molecule has 1 aromatic carbocycles. The van der Waals surface area contributed by atoms with Crippen LogP contribution in [-0.4, -0.2) is 22.0 Å². The Morgan fingerprint density at radius 1 is 1.10 bits per heavy atom. The van der Waals surface area contributed by atoms with Gasteiger partial charge in [0.05, 0.1) is 10.6 Å². The number of rotatable bonds is 3. The summed E-state index contributed by atoms with van der Waals surface area (Å²) in [6.07, 6.45) is 0. The van der Waals surface area contributed by atoms with Crippen molar-refractivity contribution in [3.63, 3.8) is 0 Å². The van der Waals surface area contributed by atoms with Gasteiger partial charge in [0.15, 0.2) is 0 Å². The van der Waals surface area contributed by atoms with E-state index in [4.69, 9.17) is 39.9 Å². The Morgan fingerprint density at radius 3 is 2.48 bits per heavy atom. The van der Waals surface area contributed by atoms with Crippen LogP contribution in [-0.2, 0) is 0 Å². The minimum atomic E-state index is -1.16. The van der Waals surface area contributed by atoms with Crippen molar-refractivity contribution < 1.29 is 14.7 Å². The number of carbonyl (C=O) groups is 2. The number of hydrogen-bond acceptors (Lipinski definition) is 3. The number of halogens is 3. The zero-order valence-corrected chi connectivity index (χ0v) is 12.5. The molecule has 21 heavy (non-hydrogen) atoms. The highest BCUT2D eigenvalue weighted by Gasteiger charge is 2.14. The molecule has 0 aliphatic heterocycles. The number of nitrogens with one attached hydrogen (secondary N) is 1. The van der Waals surface area contributed by atoms with Gasteiger partial charge in [-0.05, 0) is 30.3 Å². The van der Waals surface area contributed by atoms with E-state index in [-0.39, 0.29) is 32.1 Å². The van der Waals surface area contributed by atoms with Gasteiger partial charge in [0.25, 0.3) is 5.91 Å². The van der Waals surface area contributed by atoms with Crippen molar-refractivity contribution in [2.24, 2.45) is 0 Å². The Bertz CT molecular complexity index is 735. The molecule has 2 rings (SSSR count). The molecule has 0 unspecified atom stereocenters. The lowest BCUT2D eigenvalue weighted by molar-refractivity contribution is 0.0696. The first-order valence-electron chi connectivity index (χ1n) is 5.54. The largest absolute Gasteiger partial charge is 0.478 e. The summed E-state index contributed by atoms with van der Waals surface area (Å²) in [5, 5.41) is 11.8. The summed E-state index contributed by atoms with van der Waals surface area (Å²) in [6.45, 7) is 0. The second-order valence-electron chi connectivity index (χ2n) is 3.95. The average molecular weight is 346 g/mol. The number of hydrogen-bond donors (Lipinski definition) is 2. The zero-order valence-electron chi connectivity index (χ0n) is 10.2. The molecular formula is C13H7Cl3N2O3. The molecule has 0 saturated carbocycles. The van der Waals surface area contributed by atoms with E-state index < -0.39 is 11.9 Å². The van der Waals surface area contributed by atoms with Gasteiger partial charge in [-0.3, -0.25) is 4.79 Å². The molecule has 108 valence electrons. The molecule has 0 bridgehead atoms. The molecule has 0 fully saturated rings. The van der Waals surface area contributed by atoms with Gasteiger partial charge in [0.2, 0.25) is 0 Å². The van der Waals surface area contributed by atoms with Crippen LogP contribution in [0.5, 0.6) is 0 Å². The van der Waals surface area contributed by atoms with Crippen LogP contribution in [0.25, 0.3) is 0 Å². The highest BCUT2D eigenvalue weighted by molar-refractivity contribution is 6.35. The predicted octanol–water partition coefficient (Wildman–Crippen LogP) is 3.99. The third kappa shape index (κ3) is 3.85. The van der Waals surface area contributed by atoms with E-state index in [9.17, 15) is 9.59 Å². The van der Waals surface area contributed by atoms with Crippen LogP contribution in [0.3, 0.4) is 0 Å². The summed E-state index contributed by atoms with van der Waals surface area (Å²) < 4.78 is 0. The number of carbonyl (C=O) groups excluding carboxylic acids is 1. The number of carboxylic acids is 1. The lowest BCUT2D eigenvalue weighted by atomic mass is 10.2. The van der Waals surface area contributed by atoms with Crippen molar-refractivity contribution in [1.29, 1.82) is 0 Å². The maximum atomic E-state index is 12.1. The van der Waals surface area contributed by atoms with Crippen molar-refractivity contribution in [3.8, 4) is 0 Å². The van der Waals surface area contributed by atoms with Gasteiger partial charge in [-0.2, -0.15) is 0 Å². The number of aromatic nitrogens is 1. The standard InChI is InChI=1S/C13H7Cl3N2O3/c14-7-3-6(13(20)21)4-8(5-7)17-12(19)11-9(15)1-2-10(16)18-11/h1-5H,(H,17,19)(H,20,21). The second-order valence-corrected chi connectivity index (χ2v) is 5.18. The summed E-state index contributed by atoms with van der Waals surface area (Å²) in [5.41, 5.74) is 0.0895. The molecule has 0 aliphatic carbocycles. The third-order valence-electron chi connectivity index (χ3n) is 2.43. The van der Waals surface area contributed by atoms with Crippen molar-refractivity contribution in [2.45, 2.75) is 0 Å². The van der Waals surface area contributed by atoms with Crippen LogP contribution >= 0.6 is 34.8 Å². The van der Waals surface area contributed by atoms with E-state index in [0.717, 1.165) is 0 Å². The highest BCUT2D eigenvalue weighted by atomic mass is 35.5. The van der Waals surface area contributed by atoms with Crippen LogP contribution in [0.4, 0.5) is 5.69 Å². The molecule has 0 saturated heterocycles. The fraction of sp³-hybridized carbons (Fsp3) is 0. The molecule has 1 aromatic heterocycles. The topological polar surface area (TPSA) is 79.3 Å². The summed E-state index contributed by atoms with van der Waals surface area (Å²) in [6, 6.07) is 6.83. The van der Waals surface area contributed by atoms with Gasteiger partial charge in [-0.15, -0.1) is 0 Å². The molecular weight excluding hydrogens is 339 g/mol. The molecule has 1 amide bonds. The first-order valence-corrected chi connectivity index (χ1v) is 6.67. The second kappa shape index (κ2) is 6.30. The van der Waals surface area contributed by atoms with Gasteiger partial charge < -0.3 is 10.4 Å². The Kier molecular flexibility index (Phi) is 4.67. The summed E-state index contributed by atoms with van der Waals surface area (Å²) in [5.74, 6) is -1.78. The minimum absolute atomic E-state index is 0.0528. The molecule has 0 radical (unpaired) electrons. The molecule has 2 N–H and O–H groups in total. The van der Waals surface area contributed by atoms with Crippen molar-refractivity contribution in [2.75, 3.05) is 5.32 Å². The highest BCUT2D eigenvalue weighted by Crippen LogP contribution is 2.22. The molecule has 0 aliphatic rings. The van der Waals surface area contributed by atoms with Crippen molar-refractivity contribution in [3.05, 3.63) is 56.8 Å². The molecule has 0 atom stereocenters. The van der Waals surface area contributed by atoms with Gasteiger partial charge >= 0.3 is 5.97 Å². The monoisotopic (exact) mass is 344 g/mol. The molecule has 0 spiro atoms. The number of nitrogens with zero attached hydrogens (tertiary/aromatic N) is 1. The summed E-state index contributed by atoms with van der Waals surface area (Å²) in [4.78, 5) is 26.8. The van der Waals surface area contributed by atoms with E-state index >= 15 is 0 Å². The van der Waals surface area contributed by atoms with Crippen LogP contribution in [0.15, 0.2) is 30.3 Å². The number of aromatic carboxylic acids is 1. The fourth-order valence-corrected chi connectivity index (χ4v) is 2.13. The number of anilines is 1. The quantitative estimate of drug-likeness (QED) is 0.824. The number of benzene rings is 1. The molecule has 8 heteroatoms. The number of pyridine rings is 1. The molecule has 5 nitrogen and oxygen atoms in total. The summed E-state index contributed by atoms with van der Waals surface area (Å²) >= 11 is 17.4. The van der Waals surface area contributed by atoms with Crippen LogP contribution in [0, 0.1) is 0 Å². The molecule has 1 heterocycles. The maximum Gasteiger partial charge on any atom is 0.335 e. The number of amides is 1. The Hall–Kier alpha value is -1.82. The third-order valence-corrected chi connectivity index (χ3v) is 3.16. The maximum absolute atomic E-state index is 12.1. The Labute approximate surface area is 134 Å². The fourth-order valence-electron chi connectivity index (χ4n) is 1.55. The van der Waals surface area contributed by atoms with Crippen molar-refractivity contribution >= 4 is 52.4 Å². The van der Waals surface area contributed by atoms with E-state index in [2.05, 4.69) is 10.3 Å². The van der Waals surface area contributed by atoms with E-state index in [0.29, 0.717) is 0 Å². The van der Waals surface area contributed by atoms with Crippen molar-refractivity contribution in [1.82, 2.24) is 4.98 Å². The minimum Gasteiger partial charge on any atom is -0.478 e. The first-order chi connectivity index (χ1) is 9.86. The summed E-state index contributed by atoms with van der Waals surface area (Å²) in [7, 11) is 0. The lowest BCUT2D eigenvalue weighted by Crippen LogP contribution is -2.15. The van der Waals surface area contributed by atoms with Gasteiger partial charge in [0, 0.05) is 10.7 Å². The SMILES string of the molecule is O=C(O)c1cc(Cl)cc(NC(=O)c2nc(Cl)ccc2Cl)c1.